The molecule has 0 unspecified atom stereocenters. The summed E-state index contributed by atoms with van der Waals surface area (Å²) in [5.41, 5.74) is 0.429. The Kier molecular flexibility index (Phi) is 3.77. The maximum Gasteiger partial charge on any atom is 0.346 e. The third kappa shape index (κ3) is 2.63. The molecule has 1 heterocycles. The molecule has 0 aromatic heterocycles. The van der Waals surface area contributed by atoms with Crippen LogP contribution in [0.2, 0.25) is 0 Å². The van der Waals surface area contributed by atoms with E-state index in [2.05, 4.69) is 10.4 Å². The summed E-state index contributed by atoms with van der Waals surface area (Å²) >= 11 is 0. The number of amides is 3. The minimum Gasteiger partial charge on any atom is -0.318 e. The second-order valence-corrected chi connectivity index (χ2v) is 6.39. The lowest BCUT2D eigenvalue weighted by Gasteiger charge is -2.20. The van der Waals surface area contributed by atoms with Crippen LogP contribution in [0.1, 0.15) is 18.1 Å². The summed E-state index contributed by atoms with van der Waals surface area (Å²) in [6.45, 7) is 1.69. The number of hydrogen-bond acceptors (Lipinski definition) is 3. The second-order valence-electron chi connectivity index (χ2n) is 6.39. The fraction of sp³-hybridized carbons (Fsp3) is 0.0952. The average molecular weight is 343 g/mol. The largest absolute Gasteiger partial charge is 0.346 e. The van der Waals surface area contributed by atoms with E-state index in [1.165, 1.54) is 6.21 Å². The number of carbonyl (C=O) groups excluding carboxylic acids is 2. The van der Waals surface area contributed by atoms with Gasteiger partial charge >= 0.3 is 6.03 Å². The molecule has 0 saturated carbocycles. The van der Waals surface area contributed by atoms with Gasteiger partial charge in [-0.05, 0) is 34.9 Å². The fourth-order valence-electron chi connectivity index (χ4n) is 3.11. The van der Waals surface area contributed by atoms with Crippen LogP contribution in [-0.2, 0) is 10.3 Å². The highest BCUT2D eigenvalue weighted by Crippen LogP contribution is 2.28. The van der Waals surface area contributed by atoms with Gasteiger partial charge in [0.05, 0.1) is 6.21 Å². The summed E-state index contributed by atoms with van der Waals surface area (Å²) in [7, 11) is 0. The number of urea groups is 1. The Hall–Kier alpha value is -3.47. The van der Waals surface area contributed by atoms with E-state index < -0.39 is 17.5 Å². The number of rotatable bonds is 3. The van der Waals surface area contributed by atoms with Crippen molar-refractivity contribution in [2.45, 2.75) is 12.5 Å². The number of nitrogens with one attached hydrogen (secondary N) is 1. The molecule has 1 fully saturated rings. The maximum atomic E-state index is 12.8. The number of hydrogen-bond donors (Lipinski definition) is 1. The van der Waals surface area contributed by atoms with Crippen LogP contribution in [0.3, 0.4) is 0 Å². The molecule has 1 atom stereocenters. The summed E-state index contributed by atoms with van der Waals surface area (Å²) in [5.74, 6) is -0.397. The van der Waals surface area contributed by atoms with E-state index in [1.54, 1.807) is 6.92 Å². The topological polar surface area (TPSA) is 61.8 Å². The van der Waals surface area contributed by atoms with Crippen LogP contribution >= 0.6 is 0 Å². The molecule has 1 saturated heterocycles. The van der Waals surface area contributed by atoms with Gasteiger partial charge in [0.2, 0.25) is 0 Å². The van der Waals surface area contributed by atoms with Gasteiger partial charge in [0.25, 0.3) is 5.91 Å². The number of carbonyl (C=O) groups is 2. The lowest BCUT2D eigenvalue weighted by molar-refractivity contribution is -0.131. The molecule has 5 nitrogen and oxygen atoms in total. The minimum absolute atomic E-state index is 0.397. The quantitative estimate of drug-likeness (QED) is 0.583. The number of nitrogens with zero attached hydrogens (tertiary/aromatic N) is 2. The molecular formula is C21H17N3O2. The van der Waals surface area contributed by atoms with Crippen molar-refractivity contribution in [1.82, 2.24) is 10.3 Å². The Labute approximate surface area is 150 Å². The predicted octanol–water partition coefficient (Wildman–Crippen LogP) is 3.64. The molecule has 0 bridgehead atoms. The molecule has 3 amide bonds. The summed E-state index contributed by atoms with van der Waals surface area (Å²) in [6.07, 6.45) is 1.53. The second kappa shape index (κ2) is 6.11. The van der Waals surface area contributed by atoms with Crippen LogP contribution in [0.25, 0.3) is 10.8 Å². The van der Waals surface area contributed by atoms with Gasteiger partial charge in [0, 0.05) is 0 Å². The molecular weight excluding hydrogens is 326 g/mol. The minimum atomic E-state index is -1.11. The Morgan fingerprint density at radius 2 is 1.62 bits per heavy atom. The van der Waals surface area contributed by atoms with E-state index in [4.69, 9.17) is 0 Å². The summed E-state index contributed by atoms with van der Waals surface area (Å²) < 4.78 is 0. The van der Waals surface area contributed by atoms with Crippen molar-refractivity contribution in [2.75, 3.05) is 0 Å². The highest BCUT2D eigenvalue weighted by molar-refractivity contribution is 6.07. The van der Waals surface area contributed by atoms with E-state index in [0.29, 0.717) is 0 Å². The maximum absolute atomic E-state index is 12.8. The van der Waals surface area contributed by atoms with Gasteiger partial charge < -0.3 is 5.32 Å². The van der Waals surface area contributed by atoms with Crippen molar-refractivity contribution in [3.63, 3.8) is 0 Å². The van der Waals surface area contributed by atoms with Crippen molar-refractivity contribution in [3.05, 3.63) is 83.9 Å². The lowest BCUT2D eigenvalue weighted by Crippen LogP contribution is -2.40. The van der Waals surface area contributed by atoms with Crippen molar-refractivity contribution in [1.29, 1.82) is 0 Å². The Bertz CT molecular complexity index is 1030. The Morgan fingerprint density at radius 3 is 2.38 bits per heavy atom. The molecule has 5 heteroatoms. The first-order valence-electron chi connectivity index (χ1n) is 8.33. The predicted molar refractivity (Wildman–Crippen MR) is 101 cm³/mol. The normalized spacial score (nSPS) is 20.1. The zero-order valence-corrected chi connectivity index (χ0v) is 14.2. The molecule has 26 heavy (non-hydrogen) atoms. The first kappa shape index (κ1) is 16.0. The highest BCUT2D eigenvalue weighted by Gasteiger charge is 2.49. The van der Waals surface area contributed by atoms with Crippen molar-refractivity contribution >= 4 is 28.9 Å². The Balaban J connectivity index is 1.62. The van der Waals surface area contributed by atoms with Gasteiger partial charge in [-0.25, -0.2) is 4.79 Å². The number of benzene rings is 3. The standard InChI is InChI=1S/C21H17N3O2/c1-21(18-9-3-2-4-10-18)19(25)24(20(26)23-21)22-14-15-11-12-16-7-5-6-8-17(16)13-15/h2-14H,1H3,(H,23,26)/b22-14-/t21-/m0/s1. The highest BCUT2D eigenvalue weighted by atomic mass is 16.2. The summed E-state index contributed by atoms with van der Waals surface area (Å²) in [5, 5.41) is 9.95. The monoisotopic (exact) mass is 343 g/mol. The van der Waals surface area contributed by atoms with Crippen LogP contribution < -0.4 is 5.32 Å². The molecule has 1 aliphatic heterocycles. The molecule has 1 aliphatic rings. The van der Waals surface area contributed by atoms with Gasteiger partial charge in [0.15, 0.2) is 0 Å². The molecule has 3 aromatic rings. The Morgan fingerprint density at radius 1 is 0.923 bits per heavy atom. The van der Waals surface area contributed by atoms with E-state index in [9.17, 15) is 9.59 Å². The smallest absolute Gasteiger partial charge is 0.318 e. The van der Waals surface area contributed by atoms with Gasteiger partial charge in [-0.1, -0.05) is 66.7 Å². The lowest BCUT2D eigenvalue weighted by atomic mass is 9.92. The SMILES string of the molecule is C[C@@]1(c2ccccc2)NC(=O)N(/N=C\c2ccc3ccccc3c2)C1=O. The first-order chi connectivity index (χ1) is 12.6. The van der Waals surface area contributed by atoms with Crippen LogP contribution in [0.15, 0.2) is 77.9 Å². The number of imide groups is 1. The van der Waals surface area contributed by atoms with Crippen LogP contribution in [0.5, 0.6) is 0 Å². The van der Waals surface area contributed by atoms with E-state index in [-0.39, 0.29) is 0 Å². The van der Waals surface area contributed by atoms with Crippen molar-refractivity contribution < 1.29 is 9.59 Å². The van der Waals surface area contributed by atoms with Gasteiger partial charge in [-0.3, -0.25) is 4.79 Å². The van der Waals surface area contributed by atoms with Gasteiger partial charge in [0.1, 0.15) is 5.54 Å². The van der Waals surface area contributed by atoms with Crippen LogP contribution in [0, 0.1) is 0 Å². The van der Waals surface area contributed by atoms with Crippen LogP contribution in [-0.4, -0.2) is 23.2 Å². The molecule has 0 radical (unpaired) electrons. The average Bonchev–Trinajstić information content (AvgIpc) is 2.90. The fourth-order valence-corrected chi connectivity index (χ4v) is 3.11. The number of hydrazone groups is 1. The van der Waals surface area contributed by atoms with Crippen LogP contribution in [0.4, 0.5) is 4.79 Å². The molecule has 128 valence electrons. The van der Waals surface area contributed by atoms with Crippen molar-refractivity contribution in [3.8, 4) is 0 Å². The summed E-state index contributed by atoms with van der Waals surface area (Å²) in [6, 6.07) is 22.5. The summed E-state index contributed by atoms with van der Waals surface area (Å²) in [4.78, 5) is 25.1. The molecule has 0 aliphatic carbocycles. The molecule has 4 rings (SSSR count). The zero-order valence-electron chi connectivity index (χ0n) is 14.2. The molecule has 1 N–H and O–H groups in total. The number of fused-ring (bicyclic) bond motifs is 1. The van der Waals surface area contributed by atoms with E-state index in [0.717, 1.165) is 26.9 Å². The van der Waals surface area contributed by atoms with E-state index >= 15 is 0 Å². The molecule has 3 aromatic carbocycles. The third-order valence-corrected chi connectivity index (χ3v) is 4.62. The van der Waals surface area contributed by atoms with Crippen molar-refractivity contribution in [2.24, 2.45) is 5.10 Å². The first-order valence-corrected chi connectivity index (χ1v) is 8.33. The van der Waals surface area contributed by atoms with Gasteiger partial charge in [-0.15, -0.1) is 5.01 Å². The van der Waals surface area contributed by atoms with E-state index in [1.807, 2.05) is 72.8 Å². The van der Waals surface area contributed by atoms with Gasteiger partial charge in [-0.2, -0.15) is 5.10 Å². The molecule has 0 spiro atoms. The third-order valence-electron chi connectivity index (χ3n) is 4.62. The zero-order chi connectivity index (χ0) is 18.1.